The number of nitrogens with one attached hydrogen (secondary N) is 2. The van der Waals surface area contributed by atoms with Crippen molar-refractivity contribution in [1.29, 1.82) is 0 Å². The summed E-state index contributed by atoms with van der Waals surface area (Å²) in [4.78, 5) is 7.27. The Kier molecular flexibility index (Phi) is 12.8. The van der Waals surface area contributed by atoms with E-state index in [0.29, 0.717) is 19.1 Å². The van der Waals surface area contributed by atoms with Crippen molar-refractivity contribution in [2.45, 2.75) is 46.1 Å². The minimum atomic E-state index is 0. The fourth-order valence-electron chi connectivity index (χ4n) is 3.10. The molecule has 1 saturated heterocycles. The van der Waals surface area contributed by atoms with Gasteiger partial charge < -0.3 is 19.8 Å². The Labute approximate surface area is 181 Å². The minimum absolute atomic E-state index is 0. The molecule has 7 heteroatoms. The largest absolute Gasteiger partial charge is 0.468 e. The van der Waals surface area contributed by atoms with Crippen molar-refractivity contribution >= 4 is 29.9 Å². The lowest BCUT2D eigenvalue weighted by molar-refractivity contribution is 0.128. The maximum Gasteiger partial charge on any atom is 0.191 e. The Hall–Kier alpha value is -0.800. The van der Waals surface area contributed by atoms with E-state index >= 15 is 0 Å². The number of rotatable bonds is 11. The second kappa shape index (κ2) is 14.2. The van der Waals surface area contributed by atoms with E-state index in [9.17, 15) is 0 Å². The summed E-state index contributed by atoms with van der Waals surface area (Å²) in [6.45, 7) is 12.6. The van der Waals surface area contributed by atoms with E-state index in [-0.39, 0.29) is 30.0 Å². The smallest absolute Gasteiger partial charge is 0.191 e. The number of guanidine groups is 1. The summed E-state index contributed by atoms with van der Waals surface area (Å²) in [6.07, 6.45) is 5.37. The SMILES string of the molecule is CCNC(=NCC(c1ccco1)N1CCCC1)NCCOCCC(C)C.I. The Balaban J connectivity index is 0.00000364. The Morgan fingerprint density at radius 1 is 1.26 bits per heavy atom. The number of ether oxygens (including phenoxy) is 1. The number of likely N-dealkylation sites (tertiary alicyclic amines) is 1. The molecule has 0 aliphatic carbocycles. The molecule has 1 aromatic rings. The van der Waals surface area contributed by atoms with Crippen LogP contribution in [0.5, 0.6) is 0 Å². The third-order valence-corrected chi connectivity index (χ3v) is 4.60. The molecule has 1 fully saturated rings. The van der Waals surface area contributed by atoms with Crippen molar-refractivity contribution < 1.29 is 9.15 Å². The predicted molar refractivity (Wildman–Crippen MR) is 122 cm³/mol. The molecule has 0 amide bonds. The molecule has 6 nitrogen and oxygen atoms in total. The van der Waals surface area contributed by atoms with Crippen LogP contribution in [0.15, 0.2) is 27.8 Å². The first kappa shape index (κ1) is 24.2. The first-order valence-electron chi connectivity index (χ1n) is 10.1. The van der Waals surface area contributed by atoms with Crippen LogP contribution in [0.2, 0.25) is 0 Å². The minimum Gasteiger partial charge on any atom is -0.468 e. The first-order valence-corrected chi connectivity index (χ1v) is 10.1. The van der Waals surface area contributed by atoms with Crippen molar-refractivity contribution in [3.63, 3.8) is 0 Å². The van der Waals surface area contributed by atoms with E-state index in [4.69, 9.17) is 14.1 Å². The number of nitrogens with zero attached hydrogens (tertiary/aromatic N) is 2. The predicted octanol–water partition coefficient (Wildman–Crippen LogP) is 3.65. The summed E-state index contributed by atoms with van der Waals surface area (Å²) in [5.41, 5.74) is 0. The van der Waals surface area contributed by atoms with Crippen LogP contribution in [0.3, 0.4) is 0 Å². The zero-order valence-corrected chi connectivity index (χ0v) is 19.4. The number of halogens is 1. The van der Waals surface area contributed by atoms with E-state index in [0.717, 1.165) is 50.9 Å². The Morgan fingerprint density at radius 2 is 2.04 bits per heavy atom. The van der Waals surface area contributed by atoms with E-state index in [1.54, 1.807) is 6.26 Å². The monoisotopic (exact) mass is 492 g/mol. The quantitative estimate of drug-likeness (QED) is 0.214. The van der Waals surface area contributed by atoms with Gasteiger partial charge in [0.1, 0.15) is 5.76 Å². The van der Waals surface area contributed by atoms with Gasteiger partial charge in [0, 0.05) is 19.7 Å². The van der Waals surface area contributed by atoms with Gasteiger partial charge in [-0.05, 0) is 57.3 Å². The molecule has 27 heavy (non-hydrogen) atoms. The molecule has 0 aromatic carbocycles. The second-order valence-electron chi connectivity index (χ2n) is 7.22. The first-order chi connectivity index (χ1) is 12.7. The lowest BCUT2D eigenvalue weighted by atomic mass is 10.1. The summed E-state index contributed by atoms with van der Waals surface area (Å²) < 4.78 is 11.3. The van der Waals surface area contributed by atoms with E-state index < -0.39 is 0 Å². The van der Waals surface area contributed by atoms with Crippen molar-refractivity contribution in [3.05, 3.63) is 24.2 Å². The topological polar surface area (TPSA) is 62.0 Å². The van der Waals surface area contributed by atoms with Gasteiger partial charge in [-0.2, -0.15) is 0 Å². The van der Waals surface area contributed by atoms with Crippen molar-refractivity contribution in [2.24, 2.45) is 10.9 Å². The van der Waals surface area contributed by atoms with Crippen LogP contribution in [0, 0.1) is 5.92 Å². The third-order valence-electron chi connectivity index (χ3n) is 4.60. The van der Waals surface area contributed by atoms with Crippen LogP contribution >= 0.6 is 24.0 Å². The summed E-state index contributed by atoms with van der Waals surface area (Å²) in [5.74, 6) is 2.53. The van der Waals surface area contributed by atoms with Crippen LogP contribution < -0.4 is 10.6 Å². The highest BCUT2D eigenvalue weighted by molar-refractivity contribution is 14.0. The van der Waals surface area contributed by atoms with Crippen LogP contribution in [0.4, 0.5) is 0 Å². The van der Waals surface area contributed by atoms with Gasteiger partial charge in [-0.1, -0.05) is 13.8 Å². The van der Waals surface area contributed by atoms with E-state index in [1.165, 1.54) is 12.8 Å². The van der Waals surface area contributed by atoms with Crippen LogP contribution in [-0.2, 0) is 4.74 Å². The van der Waals surface area contributed by atoms with Gasteiger partial charge >= 0.3 is 0 Å². The fourth-order valence-corrected chi connectivity index (χ4v) is 3.10. The van der Waals surface area contributed by atoms with Crippen LogP contribution in [0.25, 0.3) is 0 Å². The normalized spacial score (nSPS) is 16.4. The summed E-state index contributed by atoms with van der Waals surface area (Å²) in [7, 11) is 0. The highest BCUT2D eigenvalue weighted by Crippen LogP contribution is 2.25. The van der Waals surface area contributed by atoms with Crippen LogP contribution in [-0.4, -0.2) is 56.8 Å². The lowest BCUT2D eigenvalue weighted by Crippen LogP contribution is -2.40. The highest BCUT2D eigenvalue weighted by atomic mass is 127. The average Bonchev–Trinajstić information content (AvgIpc) is 3.32. The maximum absolute atomic E-state index is 5.67. The third kappa shape index (κ3) is 9.30. The molecule has 0 spiro atoms. The molecule has 156 valence electrons. The molecular weight excluding hydrogens is 455 g/mol. The molecule has 1 aromatic heterocycles. The van der Waals surface area contributed by atoms with E-state index in [2.05, 4.69) is 42.4 Å². The number of aliphatic imine (C=N–C) groups is 1. The molecule has 0 radical (unpaired) electrons. The van der Waals surface area contributed by atoms with Gasteiger partial charge in [0.05, 0.1) is 25.5 Å². The maximum atomic E-state index is 5.67. The van der Waals surface area contributed by atoms with Crippen molar-refractivity contribution in [1.82, 2.24) is 15.5 Å². The van der Waals surface area contributed by atoms with Gasteiger partial charge in [-0.25, -0.2) is 0 Å². The molecule has 2 heterocycles. The van der Waals surface area contributed by atoms with Crippen LogP contribution in [0.1, 0.15) is 51.8 Å². The van der Waals surface area contributed by atoms with Gasteiger partial charge in [-0.3, -0.25) is 9.89 Å². The lowest BCUT2D eigenvalue weighted by Gasteiger charge is -2.24. The van der Waals surface area contributed by atoms with Crippen molar-refractivity contribution in [3.8, 4) is 0 Å². The van der Waals surface area contributed by atoms with Gasteiger partial charge in [0.25, 0.3) is 0 Å². The average molecular weight is 492 g/mol. The molecule has 0 saturated carbocycles. The zero-order valence-electron chi connectivity index (χ0n) is 17.1. The highest BCUT2D eigenvalue weighted by Gasteiger charge is 2.25. The Bertz CT molecular complexity index is 502. The van der Waals surface area contributed by atoms with Crippen molar-refractivity contribution in [2.75, 3.05) is 45.9 Å². The summed E-state index contributed by atoms with van der Waals surface area (Å²) >= 11 is 0. The van der Waals surface area contributed by atoms with Gasteiger partial charge in [-0.15, -0.1) is 24.0 Å². The molecular formula is C20H37IN4O2. The van der Waals surface area contributed by atoms with Gasteiger partial charge in [0.2, 0.25) is 0 Å². The molecule has 1 unspecified atom stereocenters. The molecule has 1 aliphatic rings. The number of furan rings is 1. The standard InChI is InChI=1S/C20H36N4O2.HI/c1-4-21-20(22-10-15-25-14-9-17(2)3)23-16-18(19-8-7-13-26-19)24-11-5-6-12-24;/h7-8,13,17-18H,4-6,9-12,14-16H2,1-3H3,(H2,21,22,23);1H. The second-order valence-corrected chi connectivity index (χ2v) is 7.22. The molecule has 2 N–H and O–H groups in total. The Morgan fingerprint density at radius 3 is 2.67 bits per heavy atom. The molecule has 2 rings (SSSR count). The van der Waals surface area contributed by atoms with E-state index in [1.807, 2.05) is 6.07 Å². The number of hydrogen-bond donors (Lipinski definition) is 2. The summed E-state index contributed by atoms with van der Waals surface area (Å²) in [6, 6.07) is 4.23. The van der Waals surface area contributed by atoms with Gasteiger partial charge in [0.15, 0.2) is 5.96 Å². The fraction of sp³-hybridized carbons (Fsp3) is 0.750. The summed E-state index contributed by atoms with van der Waals surface area (Å²) in [5, 5.41) is 6.68. The molecule has 1 aliphatic heterocycles. The molecule has 0 bridgehead atoms. The molecule has 1 atom stereocenters. The number of hydrogen-bond acceptors (Lipinski definition) is 4. The zero-order chi connectivity index (χ0) is 18.6.